The number of allylic oxidation sites excluding steroid dienone is 1. The lowest BCUT2D eigenvalue weighted by Crippen LogP contribution is -2.48. The normalized spacial score (nSPS) is 22.1. The first-order valence-electron chi connectivity index (χ1n) is 7.01. The fourth-order valence-electron chi connectivity index (χ4n) is 2.80. The molecule has 1 saturated heterocycles. The van der Waals surface area contributed by atoms with Crippen LogP contribution in [0.25, 0.3) is 0 Å². The standard InChI is InChI=1S/C15H20ClN3O2/c1-3-5-15(10-20)6-4-7-19(9-15)14(21)13-12(16)8-17-11(2)18-13/h3,8,20H,1,4-7,9-10H2,2H3/t15-/m0/s1. The Balaban J connectivity index is 2.22. The molecule has 0 saturated carbocycles. The van der Waals surface area contributed by atoms with Gasteiger partial charge >= 0.3 is 0 Å². The highest BCUT2D eigenvalue weighted by atomic mass is 35.5. The van der Waals surface area contributed by atoms with Gasteiger partial charge in [0.25, 0.3) is 5.91 Å². The molecule has 1 aliphatic heterocycles. The molecular formula is C15H20ClN3O2. The number of aliphatic hydroxyl groups is 1. The first-order valence-corrected chi connectivity index (χ1v) is 7.39. The second kappa shape index (κ2) is 6.54. The van der Waals surface area contributed by atoms with Gasteiger partial charge < -0.3 is 10.0 Å². The van der Waals surface area contributed by atoms with E-state index in [1.165, 1.54) is 6.20 Å². The molecule has 0 aliphatic carbocycles. The van der Waals surface area contributed by atoms with Gasteiger partial charge in [-0.15, -0.1) is 6.58 Å². The van der Waals surface area contributed by atoms with Crippen LogP contribution in [-0.2, 0) is 0 Å². The van der Waals surface area contributed by atoms with Crippen LogP contribution in [0.5, 0.6) is 0 Å². The summed E-state index contributed by atoms with van der Waals surface area (Å²) in [6, 6.07) is 0. The van der Waals surface area contributed by atoms with Gasteiger partial charge in [0.2, 0.25) is 0 Å². The summed E-state index contributed by atoms with van der Waals surface area (Å²) in [4.78, 5) is 22.5. The van der Waals surface area contributed by atoms with Crippen molar-refractivity contribution in [2.24, 2.45) is 5.41 Å². The molecule has 1 N–H and O–H groups in total. The van der Waals surface area contributed by atoms with Crippen molar-refractivity contribution in [1.82, 2.24) is 14.9 Å². The van der Waals surface area contributed by atoms with Crippen LogP contribution in [0.15, 0.2) is 18.9 Å². The Labute approximate surface area is 129 Å². The molecular weight excluding hydrogens is 290 g/mol. The number of rotatable bonds is 4. The van der Waals surface area contributed by atoms with Crippen molar-refractivity contribution in [3.05, 3.63) is 35.4 Å². The number of amides is 1. The molecule has 1 amide bonds. The molecule has 1 aromatic heterocycles. The maximum Gasteiger partial charge on any atom is 0.274 e. The van der Waals surface area contributed by atoms with Gasteiger partial charge in [0.15, 0.2) is 5.69 Å². The van der Waals surface area contributed by atoms with E-state index in [2.05, 4.69) is 16.5 Å². The summed E-state index contributed by atoms with van der Waals surface area (Å²) in [7, 11) is 0. The molecule has 1 aromatic rings. The first kappa shape index (κ1) is 15.9. The van der Waals surface area contributed by atoms with E-state index >= 15 is 0 Å². The molecule has 0 aromatic carbocycles. The molecule has 6 heteroatoms. The number of piperidine rings is 1. The van der Waals surface area contributed by atoms with Crippen LogP contribution in [-0.4, -0.2) is 45.6 Å². The molecule has 2 heterocycles. The van der Waals surface area contributed by atoms with E-state index in [0.717, 1.165) is 12.8 Å². The van der Waals surface area contributed by atoms with Crippen LogP contribution >= 0.6 is 11.6 Å². The monoisotopic (exact) mass is 309 g/mol. The molecule has 114 valence electrons. The van der Waals surface area contributed by atoms with E-state index < -0.39 is 0 Å². The summed E-state index contributed by atoms with van der Waals surface area (Å²) in [5.41, 5.74) is -0.0685. The smallest absolute Gasteiger partial charge is 0.274 e. The fourth-order valence-corrected chi connectivity index (χ4v) is 2.97. The second-order valence-electron chi connectivity index (χ2n) is 5.59. The van der Waals surface area contributed by atoms with Gasteiger partial charge in [-0.1, -0.05) is 17.7 Å². The van der Waals surface area contributed by atoms with Gasteiger partial charge in [-0.3, -0.25) is 4.79 Å². The summed E-state index contributed by atoms with van der Waals surface area (Å²) in [5.74, 6) is 0.311. The third-order valence-corrected chi connectivity index (χ3v) is 4.21. The number of carbonyl (C=O) groups excluding carboxylic acids is 1. The predicted molar refractivity (Wildman–Crippen MR) is 81.2 cm³/mol. The quantitative estimate of drug-likeness (QED) is 0.866. The number of carbonyl (C=O) groups is 1. The minimum Gasteiger partial charge on any atom is -0.396 e. The maximum absolute atomic E-state index is 12.6. The average molecular weight is 310 g/mol. The van der Waals surface area contributed by atoms with Crippen LogP contribution in [0, 0.1) is 12.3 Å². The van der Waals surface area contributed by atoms with E-state index in [1.54, 1.807) is 17.9 Å². The van der Waals surface area contributed by atoms with Gasteiger partial charge in [0, 0.05) is 18.5 Å². The summed E-state index contributed by atoms with van der Waals surface area (Å²) in [6.45, 7) is 6.65. The van der Waals surface area contributed by atoms with E-state index in [0.29, 0.717) is 25.3 Å². The van der Waals surface area contributed by atoms with Crippen LogP contribution in [0.4, 0.5) is 0 Å². The SMILES string of the molecule is C=CC[C@]1(CO)CCCN(C(=O)c2nc(C)ncc2Cl)C1. The molecule has 0 spiro atoms. The Morgan fingerprint density at radius 2 is 2.43 bits per heavy atom. The zero-order chi connectivity index (χ0) is 15.5. The Morgan fingerprint density at radius 3 is 3.10 bits per heavy atom. The fraction of sp³-hybridized carbons (Fsp3) is 0.533. The third-order valence-electron chi connectivity index (χ3n) is 3.93. The number of hydrogen-bond acceptors (Lipinski definition) is 4. The summed E-state index contributed by atoms with van der Waals surface area (Å²) in [6.07, 6.45) is 5.66. The first-order chi connectivity index (χ1) is 10.0. The molecule has 0 unspecified atom stereocenters. The topological polar surface area (TPSA) is 66.3 Å². The maximum atomic E-state index is 12.6. The number of halogens is 1. The van der Waals surface area contributed by atoms with Crippen molar-refractivity contribution in [1.29, 1.82) is 0 Å². The second-order valence-corrected chi connectivity index (χ2v) is 6.00. The minimum atomic E-state index is -0.301. The zero-order valence-electron chi connectivity index (χ0n) is 12.2. The van der Waals surface area contributed by atoms with Gasteiger partial charge in [0.05, 0.1) is 17.8 Å². The van der Waals surface area contributed by atoms with Crippen LogP contribution in [0.2, 0.25) is 5.02 Å². The van der Waals surface area contributed by atoms with Crippen molar-refractivity contribution >= 4 is 17.5 Å². The highest BCUT2D eigenvalue weighted by molar-refractivity contribution is 6.33. The summed E-state index contributed by atoms with van der Waals surface area (Å²) < 4.78 is 0. The van der Waals surface area contributed by atoms with Gasteiger partial charge in [-0.2, -0.15) is 0 Å². The summed E-state index contributed by atoms with van der Waals surface area (Å²) >= 11 is 6.04. The molecule has 1 atom stereocenters. The molecule has 1 aliphatic rings. The Kier molecular flexibility index (Phi) is 4.96. The molecule has 1 fully saturated rings. The predicted octanol–water partition coefficient (Wildman–Crippen LogP) is 2.23. The Hall–Kier alpha value is -1.46. The summed E-state index contributed by atoms with van der Waals surface area (Å²) in [5, 5.41) is 9.96. The van der Waals surface area contributed by atoms with E-state index in [9.17, 15) is 9.90 Å². The number of nitrogens with zero attached hydrogens (tertiary/aromatic N) is 3. The number of aryl methyl sites for hydroxylation is 1. The van der Waals surface area contributed by atoms with Crippen molar-refractivity contribution in [2.75, 3.05) is 19.7 Å². The highest BCUT2D eigenvalue weighted by Crippen LogP contribution is 2.34. The van der Waals surface area contributed by atoms with E-state index in [-0.39, 0.29) is 28.6 Å². The molecule has 0 bridgehead atoms. The lowest BCUT2D eigenvalue weighted by molar-refractivity contribution is 0.0281. The largest absolute Gasteiger partial charge is 0.396 e. The van der Waals surface area contributed by atoms with Crippen LogP contribution in [0.1, 0.15) is 35.6 Å². The number of hydrogen-bond donors (Lipinski definition) is 1. The third kappa shape index (κ3) is 3.41. The Bertz CT molecular complexity index is 550. The molecule has 2 rings (SSSR count). The van der Waals surface area contributed by atoms with E-state index in [1.807, 2.05) is 0 Å². The van der Waals surface area contributed by atoms with Crippen molar-refractivity contribution in [2.45, 2.75) is 26.2 Å². The Morgan fingerprint density at radius 1 is 1.67 bits per heavy atom. The molecule has 5 nitrogen and oxygen atoms in total. The molecule has 21 heavy (non-hydrogen) atoms. The van der Waals surface area contributed by atoms with Crippen LogP contribution < -0.4 is 0 Å². The van der Waals surface area contributed by atoms with Crippen LogP contribution in [0.3, 0.4) is 0 Å². The molecule has 0 radical (unpaired) electrons. The average Bonchev–Trinajstić information content (AvgIpc) is 2.49. The van der Waals surface area contributed by atoms with Gasteiger partial charge in [-0.05, 0) is 26.2 Å². The van der Waals surface area contributed by atoms with Gasteiger partial charge in [-0.25, -0.2) is 9.97 Å². The lowest BCUT2D eigenvalue weighted by atomic mass is 9.78. The lowest BCUT2D eigenvalue weighted by Gasteiger charge is -2.41. The highest BCUT2D eigenvalue weighted by Gasteiger charge is 2.36. The van der Waals surface area contributed by atoms with Gasteiger partial charge in [0.1, 0.15) is 5.82 Å². The van der Waals surface area contributed by atoms with Crippen molar-refractivity contribution < 1.29 is 9.90 Å². The van der Waals surface area contributed by atoms with Crippen molar-refractivity contribution in [3.63, 3.8) is 0 Å². The van der Waals surface area contributed by atoms with E-state index in [4.69, 9.17) is 11.6 Å². The number of aliphatic hydroxyl groups excluding tert-OH is 1. The minimum absolute atomic E-state index is 0.0410. The van der Waals surface area contributed by atoms with Crippen molar-refractivity contribution in [3.8, 4) is 0 Å². The number of aromatic nitrogens is 2. The number of likely N-dealkylation sites (tertiary alicyclic amines) is 1. The zero-order valence-corrected chi connectivity index (χ0v) is 12.9.